The third-order valence-corrected chi connectivity index (χ3v) is 6.46. The second kappa shape index (κ2) is 8.53. The lowest BCUT2D eigenvalue weighted by atomic mass is 9.87. The molecule has 8 nitrogen and oxygen atoms in total. The molecule has 4 amide bonds. The second-order valence-electron chi connectivity index (χ2n) is 8.43. The Hall–Kier alpha value is -2.77. The Kier molecular flexibility index (Phi) is 6.24. The molecule has 0 spiro atoms. The van der Waals surface area contributed by atoms with E-state index >= 15 is 0 Å². The number of hydrogen-bond acceptors (Lipinski definition) is 5. The van der Waals surface area contributed by atoms with E-state index in [0.717, 1.165) is 30.6 Å². The average Bonchev–Trinajstić information content (AvgIpc) is 2.97. The van der Waals surface area contributed by atoms with Gasteiger partial charge in [0.1, 0.15) is 12.1 Å². The molecule has 1 aromatic rings. The molecule has 1 atom stereocenters. The van der Waals surface area contributed by atoms with Gasteiger partial charge in [-0.2, -0.15) is 0 Å². The van der Waals surface area contributed by atoms with Crippen LogP contribution in [0.3, 0.4) is 0 Å². The van der Waals surface area contributed by atoms with Crippen molar-refractivity contribution in [3.63, 3.8) is 0 Å². The van der Waals surface area contributed by atoms with E-state index < -0.39 is 17.5 Å². The highest BCUT2D eigenvalue weighted by atomic mass is 16.5. The number of nitrogens with one attached hydrogen (secondary N) is 1. The minimum absolute atomic E-state index is 0.159. The molecule has 2 aliphatic rings. The van der Waals surface area contributed by atoms with Gasteiger partial charge in [-0.1, -0.05) is 13.0 Å². The number of likely N-dealkylation sites (N-methyl/N-ethyl adjacent to an activating group) is 1. The SMILES string of the molecule is COc1ccc([C@@]2(C)NC(=O)N(CC(=O)N(C)C3CCC(C)CC3)C2=O)cc1OC. The summed E-state index contributed by atoms with van der Waals surface area (Å²) in [6.07, 6.45) is 4.07. The van der Waals surface area contributed by atoms with Crippen LogP contribution in [-0.4, -0.2) is 61.5 Å². The zero-order valence-corrected chi connectivity index (χ0v) is 18.4. The van der Waals surface area contributed by atoms with Crippen LogP contribution in [0, 0.1) is 5.92 Å². The summed E-state index contributed by atoms with van der Waals surface area (Å²) < 4.78 is 10.6. The molecule has 0 aromatic heterocycles. The van der Waals surface area contributed by atoms with E-state index in [4.69, 9.17) is 9.47 Å². The number of rotatable bonds is 6. The first kappa shape index (κ1) is 21.9. The molecule has 0 radical (unpaired) electrons. The van der Waals surface area contributed by atoms with E-state index in [9.17, 15) is 14.4 Å². The van der Waals surface area contributed by atoms with Crippen molar-refractivity contribution in [3.05, 3.63) is 23.8 Å². The van der Waals surface area contributed by atoms with Gasteiger partial charge in [0.25, 0.3) is 5.91 Å². The van der Waals surface area contributed by atoms with Crippen LogP contribution in [0.25, 0.3) is 0 Å². The molecule has 1 heterocycles. The quantitative estimate of drug-likeness (QED) is 0.719. The lowest BCUT2D eigenvalue weighted by Crippen LogP contribution is -2.47. The summed E-state index contributed by atoms with van der Waals surface area (Å²) in [5, 5.41) is 2.74. The molecule has 1 aromatic carbocycles. The first-order chi connectivity index (χ1) is 14.2. The molecule has 1 aliphatic heterocycles. The van der Waals surface area contributed by atoms with Crippen molar-refractivity contribution in [1.82, 2.24) is 15.1 Å². The molecule has 8 heteroatoms. The molecule has 30 heavy (non-hydrogen) atoms. The Morgan fingerprint density at radius 1 is 1.17 bits per heavy atom. The maximum absolute atomic E-state index is 13.2. The summed E-state index contributed by atoms with van der Waals surface area (Å²) in [5.41, 5.74) is -0.724. The van der Waals surface area contributed by atoms with E-state index in [1.165, 1.54) is 14.2 Å². The van der Waals surface area contributed by atoms with Crippen LogP contribution in [-0.2, 0) is 15.1 Å². The van der Waals surface area contributed by atoms with Crippen LogP contribution in [0.1, 0.15) is 45.1 Å². The molecule has 0 unspecified atom stereocenters. The lowest BCUT2D eigenvalue weighted by Gasteiger charge is -2.34. The van der Waals surface area contributed by atoms with Gasteiger partial charge in [-0.3, -0.25) is 14.5 Å². The van der Waals surface area contributed by atoms with Gasteiger partial charge in [0.05, 0.1) is 14.2 Å². The van der Waals surface area contributed by atoms with Gasteiger partial charge < -0.3 is 19.7 Å². The van der Waals surface area contributed by atoms with Crippen molar-refractivity contribution in [2.24, 2.45) is 5.92 Å². The molecule has 3 rings (SSSR count). The van der Waals surface area contributed by atoms with Crippen LogP contribution in [0.2, 0.25) is 0 Å². The molecule has 1 aliphatic carbocycles. The zero-order valence-electron chi connectivity index (χ0n) is 18.4. The first-order valence-corrected chi connectivity index (χ1v) is 10.3. The van der Waals surface area contributed by atoms with Crippen molar-refractivity contribution in [3.8, 4) is 11.5 Å². The summed E-state index contributed by atoms with van der Waals surface area (Å²) >= 11 is 0. The largest absolute Gasteiger partial charge is 0.493 e. The lowest BCUT2D eigenvalue weighted by molar-refractivity contribution is -0.139. The second-order valence-corrected chi connectivity index (χ2v) is 8.43. The molecule has 164 valence electrons. The van der Waals surface area contributed by atoms with E-state index in [1.54, 1.807) is 37.1 Å². The van der Waals surface area contributed by atoms with Crippen LogP contribution in [0.15, 0.2) is 18.2 Å². The number of methoxy groups -OCH3 is 2. The average molecular weight is 418 g/mol. The molecule has 1 saturated carbocycles. The predicted molar refractivity (Wildman–Crippen MR) is 111 cm³/mol. The fourth-order valence-electron chi connectivity index (χ4n) is 4.26. The third-order valence-electron chi connectivity index (χ3n) is 6.46. The van der Waals surface area contributed by atoms with Crippen molar-refractivity contribution < 1.29 is 23.9 Å². The molecule has 1 saturated heterocycles. The Labute approximate surface area is 177 Å². The van der Waals surface area contributed by atoms with Gasteiger partial charge in [0.15, 0.2) is 11.5 Å². The number of imide groups is 1. The van der Waals surface area contributed by atoms with Crippen molar-refractivity contribution in [2.45, 2.75) is 51.1 Å². The van der Waals surface area contributed by atoms with Gasteiger partial charge in [-0.15, -0.1) is 0 Å². The molecule has 1 N–H and O–H groups in total. The van der Waals surface area contributed by atoms with Crippen LogP contribution in [0.4, 0.5) is 4.79 Å². The Bertz CT molecular complexity index is 834. The number of nitrogens with zero attached hydrogens (tertiary/aromatic N) is 2. The van der Waals surface area contributed by atoms with Gasteiger partial charge in [0, 0.05) is 13.1 Å². The van der Waals surface area contributed by atoms with Gasteiger partial charge in [-0.05, 0) is 56.2 Å². The molecular weight excluding hydrogens is 386 g/mol. The summed E-state index contributed by atoms with van der Waals surface area (Å²) in [5.74, 6) is 0.974. The maximum Gasteiger partial charge on any atom is 0.325 e. The van der Waals surface area contributed by atoms with E-state index in [2.05, 4.69) is 12.2 Å². The number of ether oxygens (including phenoxy) is 2. The standard InChI is InChI=1S/C22H31N3O5/c1-14-6-9-16(10-7-14)24(3)19(26)13-25-20(27)22(2,23-21(25)28)15-8-11-17(29-4)18(12-15)30-5/h8,11-12,14,16H,6-7,9-10,13H2,1-5H3,(H,23,28)/t14?,16?,22-/m1/s1. The summed E-state index contributed by atoms with van der Waals surface area (Å²) in [6, 6.07) is 4.64. The number of amides is 4. The Morgan fingerprint density at radius 2 is 1.80 bits per heavy atom. The number of carbonyl (C=O) groups is 3. The minimum Gasteiger partial charge on any atom is -0.493 e. The van der Waals surface area contributed by atoms with Gasteiger partial charge in [-0.25, -0.2) is 4.79 Å². The monoisotopic (exact) mass is 417 g/mol. The number of benzene rings is 1. The minimum atomic E-state index is -1.28. The topological polar surface area (TPSA) is 88.2 Å². The maximum atomic E-state index is 13.2. The summed E-state index contributed by atoms with van der Waals surface area (Å²) in [6.45, 7) is 3.58. The molecule has 2 fully saturated rings. The fourth-order valence-corrected chi connectivity index (χ4v) is 4.26. The van der Waals surface area contributed by atoms with Crippen LogP contribution >= 0.6 is 0 Å². The summed E-state index contributed by atoms with van der Waals surface area (Å²) in [7, 11) is 4.79. The van der Waals surface area contributed by atoms with Gasteiger partial charge in [0.2, 0.25) is 5.91 Å². The van der Waals surface area contributed by atoms with Crippen LogP contribution < -0.4 is 14.8 Å². The zero-order chi connectivity index (χ0) is 22.1. The highest BCUT2D eigenvalue weighted by Gasteiger charge is 2.50. The van der Waals surface area contributed by atoms with Crippen molar-refractivity contribution in [2.75, 3.05) is 27.8 Å². The molecule has 0 bridgehead atoms. The third kappa shape index (κ3) is 3.95. The smallest absolute Gasteiger partial charge is 0.325 e. The number of carbonyl (C=O) groups excluding carboxylic acids is 3. The van der Waals surface area contributed by atoms with Crippen LogP contribution in [0.5, 0.6) is 11.5 Å². The predicted octanol–water partition coefficient (Wildman–Crippen LogP) is 2.51. The van der Waals surface area contributed by atoms with Crippen molar-refractivity contribution in [1.29, 1.82) is 0 Å². The van der Waals surface area contributed by atoms with Gasteiger partial charge >= 0.3 is 6.03 Å². The first-order valence-electron chi connectivity index (χ1n) is 10.3. The van der Waals surface area contributed by atoms with Crippen molar-refractivity contribution >= 4 is 17.8 Å². The molecular formula is C22H31N3O5. The Balaban J connectivity index is 1.75. The van der Waals surface area contributed by atoms with E-state index in [-0.39, 0.29) is 18.5 Å². The highest BCUT2D eigenvalue weighted by Crippen LogP contribution is 2.35. The Morgan fingerprint density at radius 3 is 2.40 bits per heavy atom. The fraction of sp³-hybridized carbons (Fsp3) is 0.591. The normalized spacial score (nSPS) is 26.4. The number of urea groups is 1. The number of hydrogen-bond donors (Lipinski definition) is 1. The van der Waals surface area contributed by atoms with E-state index in [0.29, 0.717) is 23.0 Å². The van der Waals surface area contributed by atoms with E-state index in [1.807, 2.05) is 0 Å². The summed E-state index contributed by atoms with van der Waals surface area (Å²) in [4.78, 5) is 41.3. The highest BCUT2D eigenvalue weighted by molar-refractivity contribution is 6.09.